The summed E-state index contributed by atoms with van der Waals surface area (Å²) in [5, 5.41) is 0. The van der Waals surface area contributed by atoms with Crippen LogP contribution < -0.4 is 0 Å². The van der Waals surface area contributed by atoms with Crippen molar-refractivity contribution >= 4 is 17.9 Å². The van der Waals surface area contributed by atoms with Crippen LogP contribution in [0.2, 0.25) is 0 Å². The van der Waals surface area contributed by atoms with E-state index in [1.165, 1.54) is 77.0 Å². The van der Waals surface area contributed by atoms with Crippen molar-refractivity contribution < 1.29 is 28.6 Å². The van der Waals surface area contributed by atoms with Crippen LogP contribution in [-0.4, -0.2) is 62.3 Å². The maximum atomic E-state index is 12.8. The summed E-state index contributed by atoms with van der Waals surface area (Å²) in [5.74, 6) is -0.658. The van der Waals surface area contributed by atoms with Crippen LogP contribution in [0.1, 0.15) is 188 Å². The summed E-state index contributed by atoms with van der Waals surface area (Å²) in [7, 11) is 0. The maximum Gasteiger partial charge on any atom is 0.305 e. The lowest BCUT2D eigenvalue weighted by Gasteiger charge is -2.35. The van der Waals surface area contributed by atoms with E-state index >= 15 is 0 Å². The van der Waals surface area contributed by atoms with Crippen molar-refractivity contribution in [1.82, 2.24) is 4.90 Å². The Balaban J connectivity index is 2.73. The number of unbranched alkanes of at least 4 members (excludes halogenated alkanes) is 18. The van der Waals surface area contributed by atoms with Crippen LogP contribution in [0.15, 0.2) is 0 Å². The number of hydrogen-bond donors (Lipinski definition) is 0. The molecule has 1 aliphatic heterocycles. The number of esters is 3. The molecule has 1 fully saturated rings. The van der Waals surface area contributed by atoms with E-state index < -0.39 is 5.41 Å². The Labute approximate surface area is 283 Å². The van der Waals surface area contributed by atoms with E-state index in [1.54, 1.807) is 0 Å². The van der Waals surface area contributed by atoms with E-state index in [1.807, 2.05) is 0 Å². The lowest BCUT2D eigenvalue weighted by molar-refractivity contribution is -0.163. The highest BCUT2D eigenvalue weighted by Gasteiger charge is 2.38. The molecule has 0 atom stereocenters. The minimum atomic E-state index is -0.772. The van der Waals surface area contributed by atoms with Crippen molar-refractivity contribution in [2.45, 2.75) is 188 Å². The van der Waals surface area contributed by atoms with E-state index in [-0.39, 0.29) is 37.7 Å². The molecular formula is C39H73NO6. The van der Waals surface area contributed by atoms with Crippen molar-refractivity contribution in [3.63, 3.8) is 0 Å². The number of hydrogen-bond acceptors (Lipinski definition) is 7. The van der Waals surface area contributed by atoms with Crippen LogP contribution >= 0.6 is 0 Å². The molecule has 7 nitrogen and oxygen atoms in total. The highest BCUT2D eigenvalue weighted by Crippen LogP contribution is 2.26. The molecule has 0 aromatic rings. The van der Waals surface area contributed by atoms with Crippen molar-refractivity contribution in [3.05, 3.63) is 0 Å². The summed E-state index contributed by atoms with van der Waals surface area (Å²) in [5.41, 5.74) is -0.772. The summed E-state index contributed by atoms with van der Waals surface area (Å²) < 4.78 is 17.6. The zero-order valence-corrected chi connectivity index (χ0v) is 30.5. The maximum absolute atomic E-state index is 12.8. The minimum absolute atomic E-state index is 0.0915. The number of nitrogens with zero attached hydrogens (tertiary/aromatic N) is 1. The van der Waals surface area contributed by atoms with Gasteiger partial charge in [0.25, 0.3) is 0 Å². The highest BCUT2D eigenvalue weighted by molar-refractivity contribution is 5.70. The summed E-state index contributed by atoms with van der Waals surface area (Å²) in [4.78, 5) is 40.8. The molecule has 1 saturated heterocycles. The molecule has 1 aliphatic rings. The van der Waals surface area contributed by atoms with Gasteiger partial charge in [-0.05, 0) is 45.2 Å². The van der Waals surface area contributed by atoms with Gasteiger partial charge in [0.15, 0.2) is 0 Å². The van der Waals surface area contributed by atoms with Crippen molar-refractivity contribution in [2.24, 2.45) is 5.41 Å². The van der Waals surface area contributed by atoms with E-state index in [0.717, 1.165) is 83.7 Å². The first kappa shape index (κ1) is 42.4. The normalized spacial score (nSPS) is 13.6. The van der Waals surface area contributed by atoms with Crippen molar-refractivity contribution in [2.75, 3.05) is 39.5 Å². The van der Waals surface area contributed by atoms with Gasteiger partial charge in [0.05, 0.1) is 5.41 Å². The topological polar surface area (TPSA) is 82.1 Å². The third-order valence-electron chi connectivity index (χ3n) is 9.33. The largest absolute Gasteiger partial charge is 0.465 e. The first-order valence-corrected chi connectivity index (χ1v) is 19.6. The van der Waals surface area contributed by atoms with Gasteiger partial charge < -0.3 is 19.1 Å². The molecule has 46 heavy (non-hydrogen) atoms. The molecule has 0 N–H and O–H groups in total. The molecule has 7 heteroatoms. The van der Waals surface area contributed by atoms with Crippen LogP contribution in [0, 0.1) is 5.41 Å². The highest BCUT2D eigenvalue weighted by atomic mass is 16.6. The lowest BCUT2D eigenvalue weighted by Crippen LogP contribution is -2.47. The van der Waals surface area contributed by atoms with Crippen molar-refractivity contribution in [3.8, 4) is 0 Å². The van der Waals surface area contributed by atoms with E-state index in [2.05, 4.69) is 25.7 Å². The van der Waals surface area contributed by atoms with E-state index in [0.29, 0.717) is 25.8 Å². The molecule has 0 aromatic heterocycles. The second-order valence-corrected chi connectivity index (χ2v) is 14.1. The van der Waals surface area contributed by atoms with Crippen LogP contribution in [-0.2, 0) is 28.6 Å². The standard InChI is InChI=1S/C39H73NO6/c1-4-7-10-13-16-19-22-27-36(41)44-33-39(32-40-30-25-26-31-40,34-45-37(42)28-23-20-17-14-11-8-5-2)35-46-38(43)29-24-21-18-15-12-9-6-3/h4-35H2,1-3H3. The summed E-state index contributed by atoms with van der Waals surface area (Å²) in [6.07, 6.45) is 27.4. The Morgan fingerprint density at radius 3 is 1.04 bits per heavy atom. The van der Waals surface area contributed by atoms with E-state index in [4.69, 9.17) is 14.2 Å². The number of ether oxygens (including phenoxy) is 3. The zero-order valence-electron chi connectivity index (χ0n) is 30.5. The van der Waals surface area contributed by atoms with Crippen LogP contribution in [0.4, 0.5) is 0 Å². The second kappa shape index (κ2) is 29.5. The van der Waals surface area contributed by atoms with Gasteiger partial charge in [-0.2, -0.15) is 0 Å². The Kier molecular flexibility index (Phi) is 27.2. The SMILES string of the molecule is CCCCCCCCCC(=O)OCC(COC(=O)CCCCCCCCC)(COC(=O)CCCCCCCCC)CN1CCCC1. The van der Waals surface area contributed by atoms with Crippen LogP contribution in [0.5, 0.6) is 0 Å². The molecule has 1 heterocycles. The molecular weight excluding hydrogens is 578 g/mol. The fraction of sp³-hybridized carbons (Fsp3) is 0.923. The van der Waals surface area contributed by atoms with Gasteiger partial charge in [0, 0.05) is 25.8 Å². The molecule has 0 aliphatic carbocycles. The lowest BCUT2D eigenvalue weighted by atomic mass is 9.90. The molecule has 0 radical (unpaired) electrons. The zero-order chi connectivity index (χ0) is 33.6. The third kappa shape index (κ3) is 23.7. The summed E-state index contributed by atoms with van der Waals surface area (Å²) in [6, 6.07) is 0. The number of rotatable bonds is 32. The fourth-order valence-corrected chi connectivity index (χ4v) is 6.27. The first-order valence-electron chi connectivity index (χ1n) is 19.6. The molecule has 0 spiro atoms. The monoisotopic (exact) mass is 652 g/mol. The summed E-state index contributed by atoms with van der Waals surface area (Å²) >= 11 is 0. The molecule has 1 rings (SSSR count). The fourth-order valence-electron chi connectivity index (χ4n) is 6.27. The van der Waals surface area contributed by atoms with Gasteiger partial charge >= 0.3 is 17.9 Å². The van der Waals surface area contributed by atoms with Gasteiger partial charge in [-0.15, -0.1) is 0 Å². The van der Waals surface area contributed by atoms with Crippen LogP contribution in [0.25, 0.3) is 0 Å². The minimum Gasteiger partial charge on any atom is -0.465 e. The Morgan fingerprint density at radius 1 is 0.457 bits per heavy atom. The number of carbonyl (C=O) groups is 3. The van der Waals surface area contributed by atoms with Gasteiger partial charge in [-0.3, -0.25) is 14.4 Å². The Hall–Kier alpha value is -1.63. The van der Waals surface area contributed by atoms with E-state index in [9.17, 15) is 14.4 Å². The van der Waals surface area contributed by atoms with Gasteiger partial charge in [-0.1, -0.05) is 136 Å². The van der Waals surface area contributed by atoms with Crippen molar-refractivity contribution in [1.29, 1.82) is 0 Å². The number of carbonyl (C=O) groups excluding carboxylic acids is 3. The first-order chi connectivity index (χ1) is 22.4. The molecule has 270 valence electrons. The summed E-state index contributed by atoms with van der Waals surface area (Å²) in [6.45, 7) is 9.40. The average Bonchev–Trinajstić information content (AvgIpc) is 3.57. The third-order valence-corrected chi connectivity index (χ3v) is 9.33. The predicted octanol–water partition coefficient (Wildman–Crippen LogP) is 10.1. The molecule has 0 saturated carbocycles. The number of likely N-dealkylation sites (tertiary alicyclic amines) is 1. The smallest absolute Gasteiger partial charge is 0.305 e. The molecule has 0 amide bonds. The molecule has 0 unspecified atom stereocenters. The van der Waals surface area contributed by atoms with Gasteiger partial charge in [0.1, 0.15) is 19.8 Å². The van der Waals surface area contributed by atoms with Gasteiger partial charge in [0.2, 0.25) is 0 Å². The second-order valence-electron chi connectivity index (χ2n) is 14.1. The Morgan fingerprint density at radius 2 is 0.739 bits per heavy atom. The average molecular weight is 652 g/mol. The van der Waals surface area contributed by atoms with Crippen LogP contribution in [0.3, 0.4) is 0 Å². The quantitative estimate of drug-likeness (QED) is 0.0407. The predicted molar refractivity (Wildman–Crippen MR) is 189 cm³/mol. The Bertz CT molecular complexity index is 667. The van der Waals surface area contributed by atoms with Gasteiger partial charge in [-0.25, -0.2) is 0 Å². The molecule has 0 aromatic carbocycles. The molecule has 0 bridgehead atoms.